The van der Waals surface area contributed by atoms with Crippen LogP contribution in [0.1, 0.15) is 30.1 Å². The Morgan fingerprint density at radius 2 is 1.74 bits per heavy atom. The van der Waals surface area contributed by atoms with Crippen LogP contribution in [0.25, 0.3) is 0 Å². The number of esters is 1. The van der Waals surface area contributed by atoms with E-state index in [1.165, 1.54) is 21.1 Å². The Kier molecular flexibility index (Phi) is 7.87. The summed E-state index contributed by atoms with van der Waals surface area (Å²) in [6.07, 6.45) is 1.87. The summed E-state index contributed by atoms with van der Waals surface area (Å²) in [7, 11) is 2.91. The fourth-order valence-electron chi connectivity index (χ4n) is 3.14. The SMILES string of the molecule is COc1cc(C(=O)N2CCCN(CCCN)CC2)cc(OC)c1OC(C)=O. The topological polar surface area (TPSA) is 94.3 Å². The molecule has 0 bridgehead atoms. The predicted molar refractivity (Wildman–Crippen MR) is 101 cm³/mol. The first-order valence-electron chi connectivity index (χ1n) is 9.16. The number of carbonyl (C=O) groups is 2. The highest BCUT2D eigenvalue weighted by atomic mass is 16.6. The zero-order chi connectivity index (χ0) is 19.8. The van der Waals surface area contributed by atoms with Gasteiger partial charge in [0, 0.05) is 32.1 Å². The van der Waals surface area contributed by atoms with E-state index < -0.39 is 5.97 Å². The first-order chi connectivity index (χ1) is 13.0. The van der Waals surface area contributed by atoms with Crippen LogP contribution in [0.3, 0.4) is 0 Å². The molecule has 0 radical (unpaired) electrons. The summed E-state index contributed by atoms with van der Waals surface area (Å²) in [5.74, 6) is 0.157. The fourth-order valence-corrected chi connectivity index (χ4v) is 3.14. The first-order valence-corrected chi connectivity index (χ1v) is 9.16. The van der Waals surface area contributed by atoms with Crippen molar-refractivity contribution in [1.82, 2.24) is 9.80 Å². The lowest BCUT2D eigenvalue weighted by Crippen LogP contribution is -2.35. The molecule has 0 spiro atoms. The van der Waals surface area contributed by atoms with E-state index in [1.807, 2.05) is 4.90 Å². The number of nitrogens with two attached hydrogens (primary N) is 1. The monoisotopic (exact) mass is 379 g/mol. The molecule has 8 nitrogen and oxygen atoms in total. The second-order valence-electron chi connectivity index (χ2n) is 6.43. The average Bonchev–Trinajstić information content (AvgIpc) is 2.91. The van der Waals surface area contributed by atoms with Crippen molar-refractivity contribution in [3.05, 3.63) is 17.7 Å². The standard InChI is InChI=1S/C19H29N3O5/c1-14(23)27-18-16(25-2)12-15(13-17(18)26-3)19(24)22-9-5-8-21(10-11-22)7-4-6-20/h12-13H,4-11,20H2,1-3H3. The summed E-state index contributed by atoms with van der Waals surface area (Å²) in [6.45, 7) is 6.05. The Morgan fingerprint density at radius 1 is 1.07 bits per heavy atom. The van der Waals surface area contributed by atoms with Gasteiger partial charge in [-0.2, -0.15) is 0 Å². The van der Waals surface area contributed by atoms with Gasteiger partial charge in [-0.1, -0.05) is 0 Å². The molecule has 0 aromatic heterocycles. The zero-order valence-corrected chi connectivity index (χ0v) is 16.3. The molecule has 1 aromatic carbocycles. The Hall–Kier alpha value is -2.32. The van der Waals surface area contributed by atoms with E-state index in [1.54, 1.807) is 12.1 Å². The van der Waals surface area contributed by atoms with Crippen LogP contribution >= 0.6 is 0 Å². The third kappa shape index (κ3) is 5.58. The van der Waals surface area contributed by atoms with Crippen molar-refractivity contribution in [2.45, 2.75) is 19.8 Å². The molecule has 0 saturated carbocycles. The summed E-state index contributed by atoms with van der Waals surface area (Å²) >= 11 is 0. The molecule has 1 amide bonds. The lowest BCUT2D eigenvalue weighted by molar-refractivity contribution is -0.132. The molecule has 1 heterocycles. The summed E-state index contributed by atoms with van der Waals surface area (Å²) in [5, 5.41) is 0. The molecule has 8 heteroatoms. The highest BCUT2D eigenvalue weighted by Crippen LogP contribution is 2.39. The van der Waals surface area contributed by atoms with Gasteiger partial charge in [0.1, 0.15) is 0 Å². The third-order valence-corrected chi connectivity index (χ3v) is 4.51. The van der Waals surface area contributed by atoms with Crippen LogP contribution in [0, 0.1) is 0 Å². The number of hydrogen-bond acceptors (Lipinski definition) is 7. The smallest absolute Gasteiger partial charge is 0.308 e. The highest BCUT2D eigenvalue weighted by Gasteiger charge is 2.24. The quantitative estimate of drug-likeness (QED) is 0.560. The Balaban J connectivity index is 2.19. The van der Waals surface area contributed by atoms with Gasteiger partial charge >= 0.3 is 5.97 Å². The molecular formula is C19H29N3O5. The van der Waals surface area contributed by atoms with E-state index in [-0.39, 0.29) is 23.2 Å². The molecule has 0 aliphatic carbocycles. The second-order valence-corrected chi connectivity index (χ2v) is 6.43. The number of rotatable bonds is 7. The van der Waals surface area contributed by atoms with Crippen LogP contribution in [0.2, 0.25) is 0 Å². The normalized spacial score (nSPS) is 15.2. The van der Waals surface area contributed by atoms with Crippen LogP contribution in [0.4, 0.5) is 0 Å². The molecule has 1 fully saturated rings. The molecule has 1 saturated heterocycles. The van der Waals surface area contributed by atoms with Crippen molar-refractivity contribution in [3.63, 3.8) is 0 Å². The van der Waals surface area contributed by atoms with Crippen molar-refractivity contribution < 1.29 is 23.8 Å². The maximum absolute atomic E-state index is 13.0. The van der Waals surface area contributed by atoms with Gasteiger partial charge in [0.25, 0.3) is 5.91 Å². The van der Waals surface area contributed by atoms with Crippen molar-refractivity contribution in [2.75, 3.05) is 53.5 Å². The van der Waals surface area contributed by atoms with Crippen LogP contribution in [-0.2, 0) is 4.79 Å². The maximum Gasteiger partial charge on any atom is 0.308 e. The van der Waals surface area contributed by atoms with Gasteiger partial charge in [-0.3, -0.25) is 9.59 Å². The average molecular weight is 379 g/mol. The Labute approximate surface area is 160 Å². The van der Waals surface area contributed by atoms with Crippen LogP contribution in [-0.4, -0.2) is 75.2 Å². The van der Waals surface area contributed by atoms with Crippen LogP contribution in [0.15, 0.2) is 12.1 Å². The predicted octanol–water partition coefficient (Wildman–Crippen LogP) is 1.13. The van der Waals surface area contributed by atoms with Gasteiger partial charge in [0.2, 0.25) is 5.75 Å². The van der Waals surface area contributed by atoms with Gasteiger partial charge in [0.15, 0.2) is 11.5 Å². The second kappa shape index (κ2) is 10.1. The van der Waals surface area contributed by atoms with E-state index in [0.29, 0.717) is 25.2 Å². The minimum absolute atomic E-state index is 0.0957. The molecule has 1 aromatic rings. The van der Waals surface area contributed by atoms with Gasteiger partial charge < -0.3 is 29.7 Å². The van der Waals surface area contributed by atoms with E-state index in [0.717, 1.165) is 32.5 Å². The number of carbonyl (C=O) groups excluding carboxylic acids is 2. The minimum atomic E-state index is -0.490. The van der Waals surface area contributed by atoms with Crippen LogP contribution in [0.5, 0.6) is 17.2 Å². The summed E-state index contributed by atoms with van der Waals surface area (Å²) < 4.78 is 15.8. The highest BCUT2D eigenvalue weighted by molar-refractivity contribution is 5.96. The molecule has 27 heavy (non-hydrogen) atoms. The number of methoxy groups -OCH3 is 2. The summed E-state index contributed by atoms with van der Waals surface area (Å²) in [6, 6.07) is 3.17. The van der Waals surface area contributed by atoms with E-state index in [4.69, 9.17) is 19.9 Å². The molecular weight excluding hydrogens is 350 g/mol. The number of amides is 1. The third-order valence-electron chi connectivity index (χ3n) is 4.51. The number of ether oxygens (including phenoxy) is 3. The maximum atomic E-state index is 13.0. The van der Waals surface area contributed by atoms with Gasteiger partial charge in [-0.15, -0.1) is 0 Å². The number of hydrogen-bond donors (Lipinski definition) is 1. The van der Waals surface area contributed by atoms with Crippen molar-refractivity contribution in [2.24, 2.45) is 5.73 Å². The molecule has 1 aliphatic rings. The molecule has 1 aliphatic heterocycles. The Morgan fingerprint density at radius 3 is 2.30 bits per heavy atom. The lowest BCUT2D eigenvalue weighted by atomic mass is 10.1. The molecule has 2 rings (SSSR count). The molecule has 150 valence electrons. The van der Waals surface area contributed by atoms with Crippen LogP contribution < -0.4 is 19.9 Å². The van der Waals surface area contributed by atoms with E-state index in [9.17, 15) is 9.59 Å². The number of nitrogens with zero attached hydrogens (tertiary/aromatic N) is 2. The minimum Gasteiger partial charge on any atom is -0.493 e. The Bertz CT molecular complexity index is 640. The lowest BCUT2D eigenvalue weighted by Gasteiger charge is -2.23. The number of benzene rings is 1. The van der Waals surface area contributed by atoms with Gasteiger partial charge in [0.05, 0.1) is 14.2 Å². The van der Waals surface area contributed by atoms with Gasteiger partial charge in [-0.25, -0.2) is 0 Å². The van der Waals surface area contributed by atoms with Gasteiger partial charge in [-0.05, 0) is 44.6 Å². The summed E-state index contributed by atoms with van der Waals surface area (Å²) in [4.78, 5) is 28.5. The zero-order valence-electron chi connectivity index (χ0n) is 16.3. The fraction of sp³-hybridized carbons (Fsp3) is 0.579. The van der Waals surface area contributed by atoms with Crippen molar-refractivity contribution in [1.29, 1.82) is 0 Å². The van der Waals surface area contributed by atoms with E-state index in [2.05, 4.69) is 4.90 Å². The van der Waals surface area contributed by atoms with Crippen molar-refractivity contribution >= 4 is 11.9 Å². The summed E-state index contributed by atoms with van der Waals surface area (Å²) in [5.41, 5.74) is 6.03. The first kappa shape index (κ1) is 21.0. The largest absolute Gasteiger partial charge is 0.493 e. The van der Waals surface area contributed by atoms with Crippen molar-refractivity contribution in [3.8, 4) is 17.2 Å². The molecule has 0 atom stereocenters. The van der Waals surface area contributed by atoms with E-state index >= 15 is 0 Å². The molecule has 0 unspecified atom stereocenters. The molecule has 2 N–H and O–H groups in total.